The summed E-state index contributed by atoms with van der Waals surface area (Å²) in [6.45, 7) is 2.98. The van der Waals surface area contributed by atoms with Crippen LogP contribution < -0.4 is 0 Å². The lowest BCUT2D eigenvalue weighted by atomic mass is 9.86. The van der Waals surface area contributed by atoms with Crippen molar-refractivity contribution in [2.24, 2.45) is 0 Å². The first-order valence-corrected chi connectivity index (χ1v) is 11.9. The third kappa shape index (κ3) is 3.58. The highest BCUT2D eigenvalue weighted by Gasteiger charge is 2.47. The third-order valence-electron chi connectivity index (χ3n) is 6.81. The minimum atomic E-state index is -0.477. The molecule has 0 spiro atoms. The molecule has 0 saturated carbocycles. The van der Waals surface area contributed by atoms with E-state index in [-0.39, 0.29) is 24.4 Å². The topological polar surface area (TPSA) is 56.4 Å². The first kappa shape index (κ1) is 21.1. The highest BCUT2D eigenvalue weighted by atomic mass is 35.5. The number of aromatic nitrogens is 1. The van der Waals surface area contributed by atoms with Gasteiger partial charge in [0.15, 0.2) is 0 Å². The largest absolute Gasteiger partial charge is 0.356 e. The van der Waals surface area contributed by atoms with Gasteiger partial charge in [0.25, 0.3) is 0 Å². The summed E-state index contributed by atoms with van der Waals surface area (Å²) in [5.74, 6) is 0.0744. The van der Waals surface area contributed by atoms with Crippen LogP contribution in [-0.4, -0.2) is 45.7 Å². The van der Waals surface area contributed by atoms with Crippen molar-refractivity contribution in [3.63, 3.8) is 0 Å². The van der Waals surface area contributed by atoms with Gasteiger partial charge in [-0.3, -0.25) is 9.59 Å². The van der Waals surface area contributed by atoms with Gasteiger partial charge in [0.1, 0.15) is 6.04 Å². The fourth-order valence-electron chi connectivity index (χ4n) is 5.23. The maximum absolute atomic E-state index is 13.6. The molecule has 1 saturated heterocycles. The van der Waals surface area contributed by atoms with Crippen molar-refractivity contribution in [3.05, 3.63) is 70.4 Å². The average Bonchev–Trinajstić information content (AvgIpc) is 3.17. The van der Waals surface area contributed by atoms with E-state index < -0.39 is 6.04 Å². The summed E-state index contributed by atoms with van der Waals surface area (Å²) in [4.78, 5) is 34.2. The molecule has 6 heteroatoms. The Bertz CT molecular complexity index is 1150. The molecule has 166 valence electrons. The Hall–Kier alpha value is -2.79. The highest BCUT2D eigenvalue weighted by Crippen LogP contribution is 2.42. The van der Waals surface area contributed by atoms with Crippen molar-refractivity contribution >= 4 is 34.3 Å². The smallest absolute Gasteiger partial charge is 0.246 e. The van der Waals surface area contributed by atoms with Crippen LogP contribution in [0.1, 0.15) is 55.5 Å². The summed E-state index contributed by atoms with van der Waals surface area (Å²) in [7, 11) is 0. The molecule has 0 radical (unpaired) electrons. The molecule has 3 aromatic rings. The number of amides is 2. The lowest BCUT2D eigenvalue weighted by molar-refractivity contribution is -0.158. The van der Waals surface area contributed by atoms with E-state index in [1.807, 2.05) is 41.3 Å². The molecule has 32 heavy (non-hydrogen) atoms. The number of nitrogens with zero attached hydrogens (tertiary/aromatic N) is 2. The molecule has 1 fully saturated rings. The Balaban J connectivity index is 1.56. The zero-order valence-corrected chi connectivity index (χ0v) is 19.1. The first-order valence-electron chi connectivity index (χ1n) is 11.5. The van der Waals surface area contributed by atoms with Gasteiger partial charge in [-0.25, -0.2) is 0 Å². The Morgan fingerprint density at radius 3 is 2.59 bits per heavy atom. The van der Waals surface area contributed by atoms with Gasteiger partial charge in [0.2, 0.25) is 11.8 Å². The van der Waals surface area contributed by atoms with E-state index in [1.54, 1.807) is 4.90 Å². The normalized spacial score (nSPS) is 20.6. The predicted octanol–water partition coefficient (Wildman–Crippen LogP) is 5.09. The van der Waals surface area contributed by atoms with Crippen molar-refractivity contribution in [1.29, 1.82) is 0 Å². The lowest BCUT2D eigenvalue weighted by Gasteiger charge is -2.47. The molecule has 3 heterocycles. The second kappa shape index (κ2) is 8.62. The number of unbranched alkanes of at least 4 members (excludes halogenated alkanes) is 3. The summed E-state index contributed by atoms with van der Waals surface area (Å²) < 4.78 is 0. The highest BCUT2D eigenvalue weighted by molar-refractivity contribution is 6.30. The summed E-state index contributed by atoms with van der Waals surface area (Å²) in [6.07, 6.45) is 4.87. The standard InChI is InChI=1S/C26H28ClN3O2/c1-2-3-4-7-14-29-16-23(31)30-22(26(29)32)15-20-19-8-5-6-9-21(19)28-24(20)25(30)17-10-12-18(27)13-11-17/h5-6,8-13,22,25,28H,2-4,7,14-16H2,1H3. The number of fused-ring (bicyclic) bond motifs is 4. The van der Waals surface area contributed by atoms with Crippen LogP contribution in [0.25, 0.3) is 10.9 Å². The van der Waals surface area contributed by atoms with Crippen molar-refractivity contribution in [3.8, 4) is 0 Å². The van der Waals surface area contributed by atoms with Gasteiger partial charge in [-0.1, -0.05) is 68.1 Å². The minimum absolute atomic E-state index is 0.00866. The number of carbonyl (C=O) groups excluding carboxylic acids is 2. The van der Waals surface area contributed by atoms with Gasteiger partial charge >= 0.3 is 0 Å². The number of aromatic amines is 1. The van der Waals surface area contributed by atoms with Crippen LogP contribution in [-0.2, 0) is 16.0 Å². The van der Waals surface area contributed by atoms with Crippen LogP contribution >= 0.6 is 11.6 Å². The zero-order valence-electron chi connectivity index (χ0n) is 18.3. The molecule has 2 unspecified atom stereocenters. The van der Waals surface area contributed by atoms with E-state index in [0.29, 0.717) is 18.0 Å². The molecule has 1 N–H and O–H groups in total. The molecule has 0 bridgehead atoms. The fourth-order valence-corrected chi connectivity index (χ4v) is 5.36. The van der Waals surface area contributed by atoms with Crippen LogP contribution in [0.4, 0.5) is 0 Å². The van der Waals surface area contributed by atoms with Crippen LogP contribution in [0.5, 0.6) is 0 Å². The first-order chi connectivity index (χ1) is 15.6. The molecular weight excluding hydrogens is 422 g/mol. The van der Waals surface area contributed by atoms with Gasteiger partial charge < -0.3 is 14.8 Å². The number of rotatable bonds is 6. The molecule has 0 aliphatic carbocycles. The maximum atomic E-state index is 13.6. The molecule has 2 aliphatic rings. The van der Waals surface area contributed by atoms with Crippen molar-refractivity contribution in [1.82, 2.24) is 14.8 Å². The zero-order chi connectivity index (χ0) is 22.2. The van der Waals surface area contributed by atoms with Crippen LogP contribution in [0.3, 0.4) is 0 Å². The Kier molecular flexibility index (Phi) is 5.68. The number of piperazine rings is 1. The Labute approximate surface area is 193 Å². The van der Waals surface area contributed by atoms with Gasteiger partial charge in [-0.15, -0.1) is 0 Å². The number of H-pyrrole nitrogens is 1. The van der Waals surface area contributed by atoms with Gasteiger partial charge in [-0.2, -0.15) is 0 Å². The molecule has 2 amide bonds. The molecule has 2 aliphatic heterocycles. The summed E-state index contributed by atoms with van der Waals surface area (Å²) in [5, 5.41) is 1.78. The number of halogens is 1. The van der Waals surface area contributed by atoms with E-state index in [9.17, 15) is 9.59 Å². The molecule has 5 rings (SSSR count). The van der Waals surface area contributed by atoms with Crippen LogP contribution in [0, 0.1) is 0 Å². The number of benzene rings is 2. The number of carbonyl (C=O) groups is 2. The summed E-state index contributed by atoms with van der Waals surface area (Å²) >= 11 is 6.15. The van der Waals surface area contributed by atoms with Crippen LogP contribution in [0.2, 0.25) is 5.02 Å². The minimum Gasteiger partial charge on any atom is -0.356 e. The SMILES string of the molecule is CCCCCCN1CC(=O)N2C(Cc3c([nH]c4ccccc34)C2c2ccc(Cl)cc2)C1=O. The van der Waals surface area contributed by atoms with E-state index >= 15 is 0 Å². The number of nitrogens with one attached hydrogen (secondary N) is 1. The lowest BCUT2D eigenvalue weighted by Crippen LogP contribution is -2.63. The van der Waals surface area contributed by atoms with Gasteiger partial charge in [0.05, 0.1) is 12.6 Å². The van der Waals surface area contributed by atoms with Crippen molar-refractivity contribution < 1.29 is 9.59 Å². The maximum Gasteiger partial charge on any atom is 0.246 e. The molecule has 1 aromatic heterocycles. The average molecular weight is 450 g/mol. The van der Waals surface area contributed by atoms with E-state index in [1.165, 1.54) is 0 Å². The van der Waals surface area contributed by atoms with E-state index in [0.717, 1.165) is 53.4 Å². The molecule has 5 nitrogen and oxygen atoms in total. The van der Waals surface area contributed by atoms with E-state index in [2.05, 4.69) is 24.0 Å². The van der Waals surface area contributed by atoms with Crippen molar-refractivity contribution in [2.75, 3.05) is 13.1 Å². The Morgan fingerprint density at radius 2 is 1.81 bits per heavy atom. The third-order valence-corrected chi connectivity index (χ3v) is 7.06. The second-order valence-electron chi connectivity index (χ2n) is 8.86. The van der Waals surface area contributed by atoms with Crippen molar-refractivity contribution in [2.45, 2.75) is 51.1 Å². The van der Waals surface area contributed by atoms with Gasteiger partial charge in [-0.05, 0) is 35.7 Å². The molecular formula is C26H28ClN3O2. The second-order valence-corrected chi connectivity index (χ2v) is 9.29. The quantitative estimate of drug-likeness (QED) is 0.533. The monoisotopic (exact) mass is 449 g/mol. The van der Waals surface area contributed by atoms with Crippen LogP contribution in [0.15, 0.2) is 48.5 Å². The molecule has 2 aromatic carbocycles. The summed E-state index contributed by atoms with van der Waals surface area (Å²) in [5.41, 5.74) is 4.13. The molecule has 2 atom stereocenters. The fraction of sp³-hybridized carbons (Fsp3) is 0.385. The Morgan fingerprint density at radius 1 is 1.03 bits per heavy atom. The number of hydrogen-bond donors (Lipinski definition) is 1. The summed E-state index contributed by atoms with van der Waals surface area (Å²) in [6, 6.07) is 15.0. The number of para-hydroxylation sites is 1. The number of hydrogen-bond acceptors (Lipinski definition) is 2. The van der Waals surface area contributed by atoms with E-state index in [4.69, 9.17) is 11.6 Å². The van der Waals surface area contributed by atoms with Gasteiger partial charge in [0, 0.05) is 34.6 Å². The predicted molar refractivity (Wildman–Crippen MR) is 127 cm³/mol.